The molecule has 1 atom stereocenters. The maximum absolute atomic E-state index is 12.8. The van der Waals surface area contributed by atoms with Crippen LogP contribution in [0.5, 0.6) is 0 Å². The van der Waals surface area contributed by atoms with Gasteiger partial charge in [-0.05, 0) is 44.2 Å². The van der Waals surface area contributed by atoms with E-state index in [1.165, 1.54) is 19.4 Å². The second kappa shape index (κ2) is 6.98. The summed E-state index contributed by atoms with van der Waals surface area (Å²) in [4.78, 5) is 19.5. The first-order valence-electron chi connectivity index (χ1n) is 9.97. The van der Waals surface area contributed by atoms with Crippen LogP contribution in [0.15, 0.2) is 36.7 Å². The Kier molecular flexibility index (Phi) is 4.31. The van der Waals surface area contributed by atoms with Gasteiger partial charge in [-0.25, -0.2) is 4.68 Å². The summed E-state index contributed by atoms with van der Waals surface area (Å²) in [5, 5.41) is 13.7. The summed E-state index contributed by atoms with van der Waals surface area (Å²) in [6.07, 6.45) is 7.31. The molecule has 7 heteroatoms. The molecule has 0 spiro atoms. The number of benzene rings is 1. The summed E-state index contributed by atoms with van der Waals surface area (Å²) in [6, 6.07) is 8.11. The molecule has 0 unspecified atom stereocenters. The fraction of sp³-hybridized carbons (Fsp3) is 0.429. The summed E-state index contributed by atoms with van der Waals surface area (Å²) in [5.74, 6) is 0.747. The normalized spacial score (nSPS) is 20.0. The van der Waals surface area contributed by atoms with Crippen LogP contribution in [0.3, 0.4) is 0 Å². The number of nitrogens with zero attached hydrogens (tertiary/aromatic N) is 5. The summed E-state index contributed by atoms with van der Waals surface area (Å²) in [6.45, 7) is 5.07. The first-order chi connectivity index (χ1) is 13.7. The lowest BCUT2D eigenvalue weighted by Gasteiger charge is -2.16. The van der Waals surface area contributed by atoms with Crippen molar-refractivity contribution in [1.82, 2.24) is 30.2 Å². The molecule has 3 heterocycles. The molecule has 2 fully saturated rings. The van der Waals surface area contributed by atoms with Crippen molar-refractivity contribution in [3.05, 3.63) is 48.0 Å². The highest BCUT2D eigenvalue weighted by Crippen LogP contribution is 2.30. The van der Waals surface area contributed by atoms with Crippen LogP contribution in [0.1, 0.15) is 35.4 Å². The van der Waals surface area contributed by atoms with Gasteiger partial charge in [-0.2, -0.15) is 0 Å². The van der Waals surface area contributed by atoms with Crippen molar-refractivity contribution in [3.8, 4) is 5.69 Å². The molecule has 5 rings (SSSR count). The molecule has 0 bridgehead atoms. The van der Waals surface area contributed by atoms with Gasteiger partial charge in [-0.15, -0.1) is 5.10 Å². The predicted molar refractivity (Wildman–Crippen MR) is 106 cm³/mol. The second-order valence-electron chi connectivity index (χ2n) is 7.97. The van der Waals surface area contributed by atoms with Crippen molar-refractivity contribution in [2.24, 2.45) is 5.92 Å². The lowest BCUT2D eigenvalue weighted by atomic mass is 10.1. The first-order valence-corrected chi connectivity index (χ1v) is 9.97. The topological polar surface area (TPSA) is 75.9 Å². The molecule has 3 aromatic rings. The van der Waals surface area contributed by atoms with Crippen LogP contribution in [0.4, 0.5) is 0 Å². The lowest BCUT2D eigenvalue weighted by Crippen LogP contribution is -2.37. The number of pyridine rings is 1. The molecule has 7 nitrogen and oxygen atoms in total. The molecule has 1 saturated carbocycles. The summed E-state index contributed by atoms with van der Waals surface area (Å²) in [7, 11) is 0. The second-order valence-corrected chi connectivity index (χ2v) is 7.97. The molecule has 1 aliphatic heterocycles. The van der Waals surface area contributed by atoms with Gasteiger partial charge in [0, 0.05) is 48.8 Å². The van der Waals surface area contributed by atoms with Crippen molar-refractivity contribution in [1.29, 1.82) is 0 Å². The van der Waals surface area contributed by atoms with Crippen LogP contribution in [-0.2, 0) is 0 Å². The Hall–Kier alpha value is -2.80. The average Bonchev–Trinajstić information content (AvgIpc) is 3.28. The van der Waals surface area contributed by atoms with Crippen molar-refractivity contribution < 1.29 is 4.79 Å². The molecule has 0 radical (unpaired) electrons. The van der Waals surface area contributed by atoms with Crippen LogP contribution in [0, 0.1) is 12.8 Å². The Morgan fingerprint density at radius 2 is 2.14 bits per heavy atom. The molecule has 28 heavy (non-hydrogen) atoms. The zero-order valence-electron chi connectivity index (χ0n) is 16.0. The maximum Gasteiger partial charge on any atom is 0.274 e. The minimum absolute atomic E-state index is 0.135. The van der Waals surface area contributed by atoms with Gasteiger partial charge in [0.15, 0.2) is 5.69 Å². The van der Waals surface area contributed by atoms with Gasteiger partial charge in [-0.1, -0.05) is 17.3 Å². The van der Waals surface area contributed by atoms with Gasteiger partial charge < -0.3 is 10.2 Å². The molecule has 1 amide bonds. The number of carbonyl (C=O) groups is 1. The Balaban J connectivity index is 1.34. The Morgan fingerprint density at radius 1 is 1.25 bits per heavy atom. The van der Waals surface area contributed by atoms with Crippen molar-refractivity contribution in [2.45, 2.75) is 32.2 Å². The first kappa shape index (κ1) is 17.3. The van der Waals surface area contributed by atoms with Gasteiger partial charge in [0.1, 0.15) is 0 Å². The Bertz CT molecular complexity index is 1020. The molecule has 144 valence electrons. The third-order valence-corrected chi connectivity index (χ3v) is 5.82. The van der Waals surface area contributed by atoms with Crippen molar-refractivity contribution in [3.63, 3.8) is 0 Å². The van der Waals surface area contributed by atoms with Crippen LogP contribution in [0.2, 0.25) is 0 Å². The summed E-state index contributed by atoms with van der Waals surface area (Å²) < 4.78 is 1.74. The number of rotatable bonds is 5. The number of fused-ring (bicyclic) bond motifs is 1. The third kappa shape index (κ3) is 3.26. The Labute approximate surface area is 163 Å². The number of carbonyl (C=O) groups excluding carboxylic acids is 1. The molecule has 1 saturated heterocycles. The number of hydrogen-bond donors (Lipinski definition) is 1. The van der Waals surface area contributed by atoms with Crippen LogP contribution in [-0.4, -0.2) is 56.5 Å². The summed E-state index contributed by atoms with van der Waals surface area (Å²) in [5.41, 5.74) is 2.04. The maximum atomic E-state index is 12.8. The molecule has 2 aliphatic rings. The third-order valence-electron chi connectivity index (χ3n) is 5.82. The highest BCUT2D eigenvalue weighted by atomic mass is 16.2. The van der Waals surface area contributed by atoms with Crippen LogP contribution in [0.25, 0.3) is 16.5 Å². The van der Waals surface area contributed by atoms with Gasteiger partial charge >= 0.3 is 0 Å². The SMILES string of the molecule is Cc1c(C(=O)N[C@H]2CCN(CC3CC3)C2)nnn1-c1cccc2cnccc12. The summed E-state index contributed by atoms with van der Waals surface area (Å²) >= 11 is 0. The van der Waals surface area contributed by atoms with E-state index in [1.54, 1.807) is 10.9 Å². The molecule has 1 aromatic carbocycles. The fourth-order valence-corrected chi connectivity index (χ4v) is 4.09. The number of amides is 1. The van der Waals surface area contributed by atoms with E-state index in [9.17, 15) is 4.79 Å². The minimum atomic E-state index is -0.135. The van der Waals surface area contributed by atoms with E-state index in [1.807, 2.05) is 37.4 Å². The highest BCUT2D eigenvalue weighted by molar-refractivity contribution is 5.94. The minimum Gasteiger partial charge on any atom is -0.347 e. The highest BCUT2D eigenvalue weighted by Gasteiger charge is 2.30. The van der Waals surface area contributed by atoms with E-state index in [2.05, 4.69) is 25.5 Å². The van der Waals surface area contributed by atoms with Gasteiger partial charge in [0.25, 0.3) is 5.91 Å². The number of hydrogen-bond acceptors (Lipinski definition) is 5. The van der Waals surface area contributed by atoms with E-state index < -0.39 is 0 Å². The Morgan fingerprint density at radius 3 is 3.00 bits per heavy atom. The van der Waals surface area contributed by atoms with E-state index in [0.717, 1.165) is 47.6 Å². The zero-order valence-corrected chi connectivity index (χ0v) is 16.0. The van der Waals surface area contributed by atoms with Gasteiger partial charge in [-0.3, -0.25) is 9.78 Å². The number of aromatic nitrogens is 4. The predicted octanol–water partition coefficient (Wildman–Crippen LogP) is 2.34. The van der Waals surface area contributed by atoms with E-state index in [4.69, 9.17) is 0 Å². The number of nitrogens with one attached hydrogen (secondary N) is 1. The monoisotopic (exact) mass is 376 g/mol. The largest absolute Gasteiger partial charge is 0.347 e. The molecule has 1 aliphatic carbocycles. The van der Waals surface area contributed by atoms with E-state index in [0.29, 0.717) is 5.69 Å². The molecular formula is C21H24N6O. The van der Waals surface area contributed by atoms with Gasteiger partial charge in [0.05, 0.1) is 11.4 Å². The lowest BCUT2D eigenvalue weighted by molar-refractivity contribution is 0.0932. The molecule has 1 N–H and O–H groups in total. The smallest absolute Gasteiger partial charge is 0.274 e. The van der Waals surface area contributed by atoms with Crippen LogP contribution >= 0.6 is 0 Å². The zero-order chi connectivity index (χ0) is 19.1. The van der Waals surface area contributed by atoms with Gasteiger partial charge in [0.2, 0.25) is 0 Å². The fourth-order valence-electron chi connectivity index (χ4n) is 4.09. The van der Waals surface area contributed by atoms with E-state index >= 15 is 0 Å². The molecule has 2 aromatic heterocycles. The number of likely N-dealkylation sites (tertiary alicyclic amines) is 1. The van der Waals surface area contributed by atoms with Crippen LogP contribution < -0.4 is 5.32 Å². The van der Waals surface area contributed by atoms with Crippen molar-refractivity contribution in [2.75, 3.05) is 19.6 Å². The van der Waals surface area contributed by atoms with E-state index in [-0.39, 0.29) is 11.9 Å². The quantitative estimate of drug-likeness (QED) is 0.740. The average molecular weight is 376 g/mol. The van der Waals surface area contributed by atoms with Crippen molar-refractivity contribution >= 4 is 16.7 Å². The standard InChI is InChI=1S/C21H24N6O/c1-14-20(21(28)23-17-8-10-26(13-17)12-15-5-6-15)24-25-27(14)19-4-2-3-16-11-22-9-7-18(16)19/h2-4,7,9,11,15,17H,5-6,8,10,12-13H2,1H3,(H,23,28)/t17-/m0/s1. The molecular weight excluding hydrogens is 352 g/mol.